The molecule has 1 rings (SSSR count). The molecule has 5 unspecified atom stereocenters. The lowest BCUT2D eigenvalue weighted by Crippen LogP contribution is -2.64. The van der Waals surface area contributed by atoms with E-state index in [2.05, 4.69) is 0 Å². The average molecular weight is 344 g/mol. The van der Waals surface area contributed by atoms with Crippen molar-refractivity contribution in [3.05, 3.63) is 0 Å². The van der Waals surface area contributed by atoms with E-state index >= 15 is 0 Å². The van der Waals surface area contributed by atoms with Crippen LogP contribution in [0.1, 0.15) is 0 Å². The Morgan fingerprint density at radius 3 is 1.78 bits per heavy atom. The molecule has 138 valence electrons. The molecule has 11 heteroatoms. The van der Waals surface area contributed by atoms with Gasteiger partial charge in [0, 0.05) is 0 Å². The van der Waals surface area contributed by atoms with Crippen molar-refractivity contribution >= 4 is 0 Å². The molecule has 0 saturated carbocycles. The largest absolute Gasteiger partial charge is 0.394 e. The van der Waals surface area contributed by atoms with Crippen LogP contribution in [0.4, 0.5) is 0 Å². The third-order valence-electron chi connectivity index (χ3n) is 3.90. The minimum absolute atomic E-state index is 0.751. The molecule has 10 N–H and O–H groups in total. The maximum absolute atomic E-state index is 9.98. The Balaban J connectivity index is 2.83. The Hall–Kier alpha value is -0.440. The van der Waals surface area contributed by atoms with Gasteiger partial charge in [-0.3, -0.25) is 0 Å². The molecule has 0 aromatic heterocycles. The van der Waals surface area contributed by atoms with Gasteiger partial charge in [-0.25, -0.2) is 0 Å². The highest BCUT2D eigenvalue weighted by Crippen LogP contribution is 2.25. The highest BCUT2D eigenvalue weighted by molar-refractivity contribution is 4.98. The van der Waals surface area contributed by atoms with Crippen molar-refractivity contribution in [1.29, 1.82) is 0 Å². The Bertz CT molecular complexity index is 354. The predicted octanol–water partition coefficient (Wildman–Crippen LogP) is -6.37. The molecule has 0 radical (unpaired) electrons. The fourth-order valence-electron chi connectivity index (χ4n) is 2.35. The fourth-order valence-corrected chi connectivity index (χ4v) is 2.35. The number of hydrogen-bond acceptors (Lipinski definition) is 11. The molecule has 0 bridgehead atoms. The number of aliphatic hydroxyl groups is 10. The standard InChI is InChI=1S/C12H24O11/c13-1-3(15)5(16)7(18)9(20)11(22)12-10(21)8(19)6(17)4(2-14)23-12/h3-22H,1-2H2/t3?,4-,5?,6-,7?,8+,9?,10-,11?,12+/m1/s1. The molecule has 0 aromatic carbocycles. The first-order valence-electron chi connectivity index (χ1n) is 6.99. The van der Waals surface area contributed by atoms with Gasteiger partial charge >= 0.3 is 0 Å². The molecule has 1 fully saturated rings. The van der Waals surface area contributed by atoms with Gasteiger partial charge in [0.15, 0.2) is 0 Å². The van der Waals surface area contributed by atoms with Crippen LogP contribution in [-0.2, 0) is 4.74 Å². The zero-order valence-electron chi connectivity index (χ0n) is 12.1. The van der Waals surface area contributed by atoms with Crippen molar-refractivity contribution < 1.29 is 55.8 Å². The summed E-state index contributed by atoms with van der Waals surface area (Å²) in [7, 11) is 0. The Kier molecular flexibility index (Phi) is 7.70. The van der Waals surface area contributed by atoms with E-state index in [9.17, 15) is 40.9 Å². The molecule has 11 nitrogen and oxygen atoms in total. The third kappa shape index (κ3) is 4.35. The first-order chi connectivity index (χ1) is 10.7. The second kappa shape index (κ2) is 8.60. The highest BCUT2D eigenvalue weighted by Gasteiger charge is 2.49. The zero-order valence-corrected chi connectivity index (χ0v) is 12.1. The van der Waals surface area contributed by atoms with Gasteiger partial charge in [-0.1, -0.05) is 0 Å². The van der Waals surface area contributed by atoms with E-state index in [0.29, 0.717) is 0 Å². The smallest absolute Gasteiger partial charge is 0.115 e. The van der Waals surface area contributed by atoms with Crippen molar-refractivity contribution in [3.63, 3.8) is 0 Å². The van der Waals surface area contributed by atoms with E-state index in [1.165, 1.54) is 0 Å². The molecule has 0 aliphatic carbocycles. The van der Waals surface area contributed by atoms with Gasteiger partial charge in [0.05, 0.1) is 13.2 Å². The third-order valence-corrected chi connectivity index (χ3v) is 3.90. The lowest BCUT2D eigenvalue weighted by molar-refractivity contribution is -0.264. The van der Waals surface area contributed by atoms with E-state index in [4.69, 9.17) is 14.9 Å². The van der Waals surface area contributed by atoms with Gasteiger partial charge in [0.1, 0.15) is 61.0 Å². The van der Waals surface area contributed by atoms with Crippen LogP contribution in [0.25, 0.3) is 0 Å². The minimum Gasteiger partial charge on any atom is -0.394 e. The van der Waals surface area contributed by atoms with Gasteiger partial charge in [-0.2, -0.15) is 0 Å². The Morgan fingerprint density at radius 2 is 1.30 bits per heavy atom. The summed E-state index contributed by atoms with van der Waals surface area (Å²) >= 11 is 0. The maximum atomic E-state index is 9.98. The molecule has 23 heavy (non-hydrogen) atoms. The summed E-state index contributed by atoms with van der Waals surface area (Å²) in [6, 6.07) is 0. The lowest BCUT2D eigenvalue weighted by Gasteiger charge is -2.43. The van der Waals surface area contributed by atoms with E-state index in [0.717, 1.165) is 0 Å². The van der Waals surface area contributed by atoms with Gasteiger partial charge in [0.2, 0.25) is 0 Å². The molecule has 0 amide bonds. The highest BCUT2D eigenvalue weighted by atomic mass is 16.6. The Labute approximate surface area is 131 Å². The van der Waals surface area contributed by atoms with E-state index in [-0.39, 0.29) is 0 Å². The molecule has 10 atom stereocenters. The first-order valence-corrected chi connectivity index (χ1v) is 6.99. The fraction of sp³-hybridized carbons (Fsp3) is 1.00. The van der Waals surface area contributed by atoms with Crippen LogP contribution in [0.15, 0.2) is 0 Å². The molecule has 1 aliphatic rings. The Morgan fingerprint density at radius 1 is 0.739 bits per heavy atom. The van der Waals surface area contributed by atoms with E-state index in [1.807, 2.05) is 0 Å². The second-order valence-electron chi connectivity index (χ2n) is 5.51. The van der Waals surface area contributed by atoms with Crippen LogP contribution >= 0.6 is 0 Å². The summed E-state index contributed by atoms with van der Waals surface area (Å²) in [5, 5.41) is 94.9. The molecule has 1 aliphatic heterocycles. The minimum atomic E-state index is -2.13. The van der Waals surface area contributed by atoms with Crippen LogP contribution in [0.2, 0.25) is 0 Å². The average Bonchev–Trinajstić information content (AvgIpc) is 2.56. The normalized spacial score (nSPS) is 38.6. The summed E-state index contributed by atoms with van der Waals surface area (Å²) in [6.45, 7) is -1.67. The van der Waals surface area contributed by atoms with Crippen LogP contribution in [0.3, 0.4) is 0 Å². The lowest BCUT2D eigenvalue weighted by atomic mass is 9.88. The molecule has 1 heterocycles. The van der Waals surface area contributed by atoms with Crippen molar-refractivity contribution in [1.82, 2.24) is 0 Å². The number of aliphatic hydroxyl groups excluding tert-OH is 10. The second-order valence-corrected chi connectivity index (χ2v) is 5.51. The van der Waals surface area contributed by atoms with Crippen molar-refractivity contribution in [3.8, 4) is 0 Å². The summed E-state index contributed by atoms with van der Waals surface area (Å²) in [5.74, 6) is 0. The monoisotopic (exact) mass is 344 g/mol. The summed E-state index contributed by atoms with van der Waals surface area (Å²) in [6.07, 6.45) is -18.4. The van der Waals surface area contributed by atoms with E-state index < -0.39 is 74.3 Å². The first kappa shape index (κ1) is 20.6. The topological polar surface area (TPSA) is 212 Å². The summed E-state index contributed by atoms with van der Waals surface area (Å²) < 4.78 is 5.01. The van der Waals surface area contributed by atoms with Crippen molar-refractivity contribution in [2.24, 2.45) is 0 Å². The number of hydrogen-bond donors (Lipinski definition) is 10. The van der Waals surface area contributed by atoms with Gasteiger partial charge < -0.3 is 55.8 Å². The van der Waals surface area contributed by atoms with Gasteiger partial charge in [0.25, 0.3) is 0 Å². The zero-order chi connectivity index (χ0) is 17.9. The quantitative estimate of drug-likeness (QED) is 0.210. The summed E-state index contributed by atoms with van der Waals surface area (Å²) in [4.78, 5) is 0. The summed E-state index contributed by atoms with van der Waals surface area (Å²) in [5.41, 5.74) is 0. The van der Waals surface area contributed by atoms with Crippen molar-refractivity contribution in [2.45, 2.75) is 61.0 Å². The number of rotatable bonds is 7. The van der Waals surface area contributed by atoms with Crippen molar-refractivity contribution in [2.75, 3.05) is 13.2 Å². The van der Waals surface area contributed by atoms with Crippen LogP contribution in [0, 0.1) is 0 Å². The van der Waals surface area contributed by atoms with Gasteiger partial charge in [-0.05, 0) is 0 Å². The predicted molar refractivity (Wildman–Crippen MR) is 70.9 cm³/mol. The molecule has 0 spiro atoms. The molecule has 0 aromatic rings. The number of ether oxygens (including phenoxy) is 1. The van der Waals surface area contributed by atoms with Crippen LogP contribution < -0.4 is 0 Å². The van der Waals surface area contributed by atoms with E-state index in [1.54, 1.807) is 0 Å². The van der Waals surface area contributed by atoms with Gasteiger partial charge in [-0.15, -0.1) is 0 Å². The maximum Gasteiger partial charge on any atom is 0.115 e. The van der Waals surface area contributed by atoms with Crippen LogP contribution in [-0.4, -0.2) is 125 Å². The molecular weight excluding hydrogens is 320 g/mol. The molecular formula is C12H24O11. The van der Waals surface area contributed by atoms with Crippen LogP contribution in [0.5, 0.6) is 0 Å². The molecule has 1 saturated heterocycles. The SMILES string of the molecule is OCC(O)C(O)C(O)C(O)C(O)[C@H]1O[C@H](CO)[C@@H](O)[C@H](O)[C@H]1O.